The number of hydrogen-bond donors (Lipinski definition) is 1. The van der Waals surface area contributed by atoms with E-state index in [-0.39, 0.29) is 0 Å². The van der Waals surface area contributed by atoms with Gasteiger partial charge in [0.2, 0.25) is 0 Å². The van der Waals surface area contributed by atoms with Gasteiger partial charge in [0, 0.05) is 24.3 Å². The Morgan fingerprint density at radius 3 is 2.40 bits per heavy atom. The molecule has 0 atom stereocenters. The fraction of sp³-hybridized carbons (Fsp3) is 0.538. The van der Waals surface area contributed by atoms with Crippen LogP contribution in [0.5, 0.6) is 0 Å². The van der Waals surface area contributed by atoms with Crippen molar-refractivity contribution < 1.29 is 0 Å². The van der Waals surface area contributed by atoms with Crippen LogP contribution in [0.3, 0.4) is 0 Å². The maximum absolute atomic E-state index is 5.59. The summed E-state index contributed by atoms with van der Waals surface area (Å²) >= 11 is 0. The number of benzene rings is 1. The minimum absolute atomic E-state index is 0.310. The molecule has 1 aromatic carbocycles. The molecule has 15 heavy (non-hydrogen) atoms. The quantitative estimate of drug-likeness (QED) is 0.802. The molecule has 0 bridgehead atoms. The molecule has 2 heteroatoms. The van der Waals surface area contributed by atoms with Gasteiger partial charge in [0.25, 0.3) is 0 Å². The van der Waals surface area contributed by atoms with Gasteiger partial charge < -0.3 is 10.6 Å². The minimum atomic E-state index is 0.310. The number of nitrogens with two attached hydrogens (primary N) is 1. The van der Waals surface area contributed by atoms with Crippen LogP contribution in [0.15, 0.2) is 24.3 Å². The highest BCUT2D eigenvalue weighted by atomic mass is 15.2. The van der Waals surface area contributed by atoms with Crippen LogP contribution in [-0.4, -0.2) is 12.1 Å². The fourth-order valence-corrected chi connectivity index (χ4v) is 2.40. The van der Waals surface area contributed by atoms with Crippen molar-refractivity contribution >= 4 is 5.69 Å². The molecule has 0 aliphatic carbocycles. The molecule has 2 rings (SSSR count). The smallest absolute Gasteiger partial charge is 0.0370 e. The van der Waals surface area contributed by atoms with Crippen molar-refractivity contribution in [2.45, 2.75) is 38.8 Å². The molecular weight excluding hydrogens is 184 g/mol. The molecule has 1 aliphatic rings. The Balaban J connectivity index is 2.22. The van der Waals surface area contributed by atoms with E-state index in [2.05, 4.69) is 43.0 Å². The lowest BCUT2D eigenvalue weighted by Gasteiger charge is -2.33. The van der Waals surface area contributed by atoms with E-state index in [9.17, 15) is 0 Å². The highest BCUT2D eigenvalue weighted by Crippen LogP contribution is 2.33. The lowest BCUT2D eigenvalue weighted by Crippen LogP contribution is -2.38. The SMILES string of the molecule is CC1(C)CCCN1c1ccc(CN)cc1. The third-order valence-electron chi connectivity index (χ3n) is 3.38. The summed E-state index contributed by atoms with van der Waals surface area (Å²) < 4.78 is 0. The number of hydrogen-bond acceptors (Lipinski definition) is 2. The summed E-state index contributed by atoms with van der Waals surface area (Å²) in [6.07, 6.45) is 2.58. The summed E-state index contributed by atoms with van der Waals surface area (Å²) in [5.41, 5.74) is 8.44. The van der Waals surface area contributed by atoms with Gasteiger partial charge in [-0.15, -0.1) is 0 Å². The lowest BCUT2D eigenvalue weighted by molar-refractivity contribution is 0.518. The maximum Gasteiger partial charge on any atom is 0.0370 e. The van der Waals surface area contributed by atoms with Crippen LogP contribution in [0.25, 0.3) is 0 Å². The molecule has 0 spiro atoms. The topological polar surface area (TPSA) is 29.3 Å². The van der Waals surface area contributed by atoms with Crippen molar-refractivity contribution in [2.24, 2.45) is 5.73 Å². The number of rotatable bonds is 2. The molecule has 2 N–H and O–H groups in total. The average molecular weight is 204 g/mol. The van der Waals surface area contributed by atoms with E-state index in [1.807, 2.05) is 0 Å². The highest BCUT2D eigenvalue weighted by molar-refractivity contribution is 5.50. The second-order valence-corrected chi connectivity index (χ2v) is 4.94. The van der Waals surface area contributed by atoms with Gasteiger partial charge in [0.1, 0.15) is 0 Å². The monoisotopic (exact) mass is 204 g/mol. The number of nitrogens with zero attached hydrogens (tertiary/aromatic N) is 1. The first-order valence-electron chi connectivity index (χ1n) is 5.70. The second-order valence-electron chi connectivity index (χ2n) is 4.94. The Morgan fingerprint density at radius 1 is 1.27 bits per heavy atom. The Morgan fingerprint density at radius 2 is 1.93 bits per heavy atom. The van der Waals surface area contributed by atoms with Crippen molar-refractivity contribution in [3.8, 4) is 0 Å². The molecule has 0 radical (unpaired) electrons. The summed E-state index contributed by atoms with van der Waals surface area (Å²) in [5.74, 6) is 0. The first kappa shape index (κ1) is 10.5. The van der Waals surface area contributed by atoms with E-state index < -0.39 is 0 Å². The summed E-state index contributed by atoms with van der Waals surface area (Å²) in [6.45, 7) is 6.44. The summed E-state index contributed by atoms with van der Waals surface area (Å²) in [5, 5.41) is 0. The average Bonchev–Trinajstić information content (AvgIpc) is 2.58. The van der Waals surface area contributed by atoms with Gasteiger partial charge in [-0.1, -0.05) is 12.1 Å². The van der Waals surface area contributed by atoms with Crippen LogP contribution in [0.2, 0.25) is 0 Å². The third-order valence-corrected chi connectivity index (χ3v) is 3.38. The zero-order valence-corrected chi connectivity index (χ0v) is 9.66. The Hall–Kier alpha value is -1.02. The predicted octanol–water partition coefficient (Wildman–Crippen LogP) is 2.52. The van der Waals surface area contributed by atoms with Gasteiger partial charge in [0.05, 0.1) is 0 Å². The van der Waals surface area contributed by atoms with Gasteiger partial charge in [-0.3, -0.25) is 0 Å². The molecule has 1 aliphatic heterocycles. The van der Waals surface area contributed by atoms with Crippen molar-refractivity contribution in [2.75, 3.05) is 11.4 Å². The van der Waals surface area contributed by atoms with Gasteiger partial charge in [0.15, 0.2) is 0 Å². The fourth-order valence-electron chi connectivity index (χ4n) is 2.40. The first-order chi connectivity index (χ1) is 7.13. The van der Waals surface area contributed by atoms with Crippen LogP contribution >= 0.6 is 0 Å². The van der Waals surface area contributed by atoms with Gasteiger partial charge in [-0.2, -0.15) is 0 Å². The lowest BCUT2D eigenvalue weighted by atomic mass is 10.0. The van der Waals surface area contributed by atoms with Crippen LogP contribution in [-0.2, 0) is 6.54 Å². The second kappa shape index (κ2) is 3.86. The Bertz CT molecular complexity index is 327. The van der Waals surface area contributed by atoms with E-state index >= 15 is 0 Å². The van der Waals surface area contributed by atoms with E-state index in [0.717, 1.165) is 0 Å². The van der Waals surface area contributed by atoms with Crippen LogP contribution in [0.1, 0.15) is 32.3 Å². The largest absolute Gasteiger partial charge is 0.366 e. The standard InChI is InChI=1S/C13H20N2/c1-13(2)8-3-9-15(13)12-6-4-11(10-14)5-7-12/h4-7H,3,8-10,14H2,1-2H3. The highest BCUT2D eigenvalue weighted by Gasteiger charge is 2.31. The van der Waals surface area contributed by atoms with Crippen molar-refractivity contribution in [1.29, 1.82) is 0 Å². The van der Waals surface area contributed by atoms with E-state index in [0.29, 0.717) is 12.1 Å². The molecule has 1 aromatic rings. The zero-order chi connectivity index (χ0) is 10.9. The molecule has 2 nitrogen and oxygen atoms in total. The molecule has 82 valence electrons. The Labute approximate surface area is 92.1 Å². The molecule has 0 saturated carbocycles. The molecular formula is C13H20N2. The maximum atomic E-state index is 5.59. The van der Waals surface area contributed by atoms with E-state index in [1.54, 1.807) is 0 Å². The molecule has 1 saturated heterocycles. The van der Waals surface area contributed by atoms with E-state index in [4.69, 9.17) is 5.73 Å². The minimum Gasteiger partial charge on any atom is -0.366 e. The number of anilines is 1. The van der Waals surface area contributed by atoms with Crippen molar-refractivity contribution in [1.82, 2.24) is 0 Å². The summed E-state index contributed by atoms with van der Waals surface area (Å²) in [6, 6.07) is 8.64. The van der Waals surface area contributed by atoms with Gasteiger partial charge in [-0.05, 0) is 44.4 Å². The van der Waals surface area contributed by atoms with Crippen LogP contribution in [0.4, 0.5) is 5.69 Å². The Kier molecular flexibility index (Phi) is 2.70. The predicted molar refractivity (Wildman–Crippen MR) is 65.0 cm³/mol. The van der Waals surface area contributed by atoms with Crippen molar-refractivity contribution in [3.63, 3.8) is 0 Å². The van der Waals surface area contributed by atoms with Crippen molar-refractivity contribution in [3.05, 3.63) is 29.8 Å². The zero-order valence-electron chi connectivity index (χ0n) is 9.66. The molecule has 0 aromatic heterocycles. The summed E-state index contributed by atoms with van der Waals surface area (Å²) in [7, 11) is 0. The van der Waals surface area contributed by atoms with Gasteiger partial charge in [-0.25, -0.2) is 0 Å². The molecule has 0 amide bonds. The van der Waals surface area contributed by atoms with Crippen LogP contribution < -0.4 is 10.6 Å². The van der Waals surface area contributed by atoms with Gasteiger partial charge >= 0.3 is 0 Å². The van der Waals surface area contributed by atoms with Crippen LogP contribution in [0, 0.1) is 0 Å². The third kappa shape index (κ3) is 2.00. The molecule has 1 fully saturated rings. The summed E-state index contributed by atoms with van der Waals surface area (Å²) in [4.78, 5) is 2.49. The normalized spacial score (nSPS) is 19.5. The first-order valence-corrected chi connectivity index (χ1v) is 5.70. The molecule has 0 unspecified atom stereocenters. The molecule has 1 heterocycles. The van der Waals surface area contributed by atoms with E-state index in [1.165, 1.54) is 30.6 Å².